The predicted molar refractivity (Wildman–Crippen MR) is 224 cm³/mol. The molecule has 11 rings (SSSR count). The van der Waals surface area contributed by atoms with Crippen molar-refractivity contribution in [2.45, 2.75) is 0 Å². The summed E-state index contributed by atoms with van der Waals surface area (Å²) in [4.78, 5) is 0. The summed E-state index contributed by atoms with van der Waals surface area (Å²) < 4.78 is 6.89. The van der Waals surface area contributed by atoms with Crippen molar-refractivity contribution in [2.75, 3.05) is 0 Å². The van der Waals surface area contributed by atoms with Gasteiger partial charge in [0.15, 0.2) is 0 Å². The quantitative estimate of drug-likeness (QED) is 0.184. The third-order valence-electron chi connectivity index (χ3n) is 11.1. The molecule has 3 heterocycles. The Hall–Kier alpha value is -7.86. The van der Waals surface area contributed by atoms with Crippen molar-refractivity contribution in [3.05, 3.63) is 187 Å². The van der Waals surface area contributed by atoms with E-state index in [9.17, 15) is 10.5 Å². The van der Waals surface area contributed by atoms with Crippen molar-refractivity contribution in [3.8, 4) is 40.3 Å². The maximum absolute atomic E-state index is 11.0. The van der Waals surface area contributed by atoms with Gasteiger partial charge in [-0.25, -0.2) is 0 Å². The Bertz CT molecular complexity index is 3420. The fourth-order valence-electron chi connectivity index (χ4n) is 8.94. The molecule has 0 bridgehead atoms. The summed E-state index contributed by atoms with van der Waals surface area (Å²) in [5.41, 5.74) is 11.9. The monoisotopic (exact) mass is 699 g/mol. The van der Waals surface area contributed by atoms with Crippen molar-refractivity contribution in [2.24, 2.45) is 0 Å². The minimum atomic E-state index is 0.562. The number of nitrogens with zero attached hydrogens (tertiary/aromatic N) is 5. The molecule has 0 spiro atoms. The van der Waals surface area contributed by atoms with E-state index in [2.05, 4.69) is 159 Å². The van der Waals surface area contributed by atoms with E-state index >= 15 is 0 Å². The first-order valence-corrected chi connectivity index (χ1v) is 18.3. The van der Waals surface area contributed by atoms with Gasteiger partial charge in [-0.15, -0.1) is 0 Å². The van der Waals surface area contributed by atoms with E-state index in [1.54, 1.807) is 0 Å². The summed E-state index contributed by atoms with van der Waals surface area (Å²) in [5, 5.41) is 28.0. The van der Waals surface area contributed by atoms with Gasteiger partial charge in [0.05, 0.1) is 61.3 Å². The summed E-state index contributed by atoms with van der Waals surface area (Å²) in [6, 6.07) is 65.8. The number of rotatable bonds is 4. The molecule has 0 fully saturated rings. The van der Waals surface area contributed by atoms with E-state index in [1.807, 2.05) is 42.5 Å². The molecule has 0 aliphatic carbocycles. The maximum Gasteiger partial charge on any atom is 0.101 e. The lowest BCUT2D eigenvalue weighted by molar-refractivity contribution is 1.12. The zero-order valence-corrected chi connectivity index (χ0v) is 29.5. The molecule has 0 unspecified atom stereocenters. The van der Waals surface area contributed by atoms with Crippen LogP contribution in [0.1, 0.15) is 11.1 Å². The van der Waals surface area contributed by atoms with Gasteiger partial charge in [-0.1, -0.05) is 127 Å². The number of para-hydroxylation sites is 8. The number of aromatic nitrogens is 3. The topological polar surface area (TPSA) is 62.4 Å². The average Bonchev–Trinajstić information content (AvgIpc) is 3.89. The summed E-state index contributed by atoms with van der Waals surface area (Å²) >= 11 is 0. The SMILES string of the molecule is N#Cc1cccc(-c2ccccc2-n2c3ccccc3c3cccc(C#N)c32)c1-n1c2ccccc2c2cccc(-n3c4ccccc4c4ccccc43)c21. The van der Waals surface area contributed by atoms with E-state index in [0.29, 0.717) is 11.1 Å². The van der Waals surface area contributed by atoms with Gasteiger partial charge in [0.2, 0.25) is 0 Å². The molecule has 0 N–H and O–H groups in total. The molecule has 55 heavy (non-hydrogen) atoms. The van der Waals surface area contributed by atoms with Gasteiger partial charge >= 0.3 is 0 Å². The lowest BCUT2D eigenvalue weighted by Gasteiger charge is -2.20. The number of hydrogen-bond acceptors (Lipinski definition) is 2. The highest BCUT2D eigenvalue weighted by molar-refractivity contribution is 6.16. The first-order valence-electron chi connectivity index (χ1n) is 18.3. The minimum absolute atomic E-state index is 0.562. The largest absolute Gasteiger partial charge is 0.307 e. The van der Waals surface area contributed by atoms with Gasteiger partial charge in [0.25, 0.3) is 0 Å². The van der Waals surface area contributed by atoms with Crippen molar-refractivity contribution in [1.29, 1.82) is 10.5 Å². The normalized spacial score (nSPS) is 11.6. The Morgan fingerprint density at radius 2 is 0.727 bits per heavy atom. The van der Waals surface area contributed by atoms with E-state index in [-0.39, 0.29) is 0 Å². The van der Waals surface area contributed by atoms with Crippen LogP contribution in [0.25, 0.3) is 93.6 Å². The van der Waals surface area contributed by atoms with Crippen LogP contribution in [0, 0.1) is 22.7 Å². The van der Waals surface area contributed by atoms with Gasteiger partial charge in [-0.3, -0.25) is 0 Å². The summed E-state index contributed by atoms with van der Waals surface area (Å²) in [5.74, 6) is 0. The molecule has 0 radical (unpaired) electrons. The first-order chi connectivity index (χ1) is 27.3. The number of hydrogen-bond donors (Lipinski definition) is 0. The third-order valence-corrected chi connectivity index (χ3v) is 11.1. The summed E-state index contributed by atoms with van der Waals surface area (Å²) in [7, 11) is 0. The van der Waals surface area contributed by atoms with Crippen molar-refractivity contribution in [3.63, 3.8) is 0 Å². The molecule has 0 aliphatic rings. The van der Waals surface area contributed by atoms with Gasteiger partial charge in [0, 0.05) is 43.4 Å². The molecular formula is C50H29N5. The van der Waals surface area contributed by atoms with Crippen molar-refractivity contribution < 1.29 is 0 Å². The highest BCUT2D eigenvalue weighted by Crippen LogP contribution is 2.44. The van der Waals surface area contributed by atoms with Crippen LogP contribution in [-0.2, 0) is 0 Å². The Morgan fingerprint density at radius 3 is 1.36 bits per heavy atom. The van der Waals surface area contributed by atoms with Crippen molar-refractivity contribution >= 4 is 65.4 Å². The molecule has 11 aromatic rings. The van der Waals surface area contributed by atoms with Crippen molar-refractivity contribution in [1.82, 2.24) is 13.7 Å². The molecule has 5 heteroatoms. The first kappa shape index (κ1) is 30.7. The molecule has 254 valence electrons. The van der Waals surface area contributed by atoms with Gasteiger partial charge < -0.3 is 13.7 Å². The van der Waals surface area contributed by atoms with Crippen LogP contribution in [-0.4, -0.2) is 13.7 Å². The van der Waals surface area contributed by atoms with Crippen LogP contribution in [0.4, 0.5) is 0 Å². The molecule has 5 nitrogen and oxygen atoms in total. The maximum atomic E-state index is 11.0. The fraction of sp³-hybridized carbons (Fsp3) is 0. The van der Waals surface area contributed by atoms with Crippen LogP contribution >= 0.6 is 0 Å². The lowest BCUT2D eigenvalue weighted by Crippen LogP contribution is -2.05. The summed E-state index contributed by atoms with van der Waals surface area (Å²) in [6.07, 6.45) is 0. The zero-order chi connectivity index (χ0) is 36.6. The second-order valence-corrected chi connectivity index (χ2v) is 13.9. The van der Waals surface area contributed by atoms with Crippen LogP contribution in [0.2, 0.25) is 0 Å². The van der Waals surface area contributed by atoms with Gasteiger partial charge in [-0.05, 0) is 48.5 Å². The number of nitriles is 2. The van der Waals surface area contributed by atoms with E-state index in [4.69, 9.17) is 0 Å². The molecule has 8 aromatic carbocycles. The Morgan fingerprint density at radius 1 is 0.309 bits per heavy atom. The Labute approximate surface area is 316 Å². The van der Waals surface area contributed by atoms with Crippen LogP contribution in [0.5, 0.6) is 0 Å². The smallest absolute Gasteiger partial charge is 0.101 e. The highest BCUT2D eigenvalue weighted by atomic mass is 15.1. The molecule has 0 aliphatic heterocycles. The Kier molecular flexibility index (Phi) is 6.61. The van der Waals surface area contributed by atoms with Crippen LogP contribution in [0.15, 0.2) is 176 Å². The average molecular weight is 700 g/mol. The molecule has 3 aromatic heterocycles. The molecule has 0 saturated heterocycles. The summed E-state index contributed by atoms with van der Waals surface area (Å²) in [6.45, 7) is 0. The standard InChI is InChI=1S/C50H29N5/c51-30-32-14-11-21-39-36-18-3-8-26-44(36)54(48(32)39)45-27-9-4-19-37(45)40-22-12-15-33(31-52)49(40)55-46-28-10-5-20-38(46)41-23-13-29-47(50(41)55)53-42-24-6-1-16-34(42)35-17-2-7-25-43(35)53/h1-29H. The second-order valence-electron chi connectivity index (χ2n) is 13.9. The zero-order valence-electron chi connectivity index (χ0n) is 29.5. The molecule has 0 atom stereocenters. The molecular weight excluding hydrogens is 671 g/mol. The predicted octanol–water partition coefficient (Wildman–Crippen LogP) is 12.4. The highest BCUT2D eigenvalue weighted by Gasteiger charge is 2.25. The fourth-order valence-corrected chi connectivity index (χ4v) is 8.94. The number of benzene rings is 8. The van der Waals surface area contributed by atoms with E-state index < -0.39 is 0 Å². The second kappa shape index (κ2) is 11.8. The minimum Gasteiger partial charge on any atom is -0.307 e. The Balaban J connectivity index is 1.29. The molecule has 0 amide bonds. The van der Waals surface area contributed by atoms with Crippen LogP contribution in [0.3, 0.4) is 0 Å². The van der Waals surface area contributed by atoms with E-state index in [0.717, 1.165) is 82.8 Å². The van der Waals surface area contributed by atoms with Gasteiger partial charge in [-0.2, -0.15) is 10.5 Å². The molecule has 0 saturated carbocycles. The third kappa shape index (κ3) is 4.27. The number of fused-ring (bicyclic) bond motifs is 9. The van der Waals surface area contributed by atoms with Gasteiger partial charge in [0.1, 0.15) is 12.1 Å². The lowest BCUT2D eigenvalue weighted by atomic mass is 9.97. The van der Waals surface area contributed by atoms with Crippen LogP contribution < -0.4 is 0 Å². The van der Waals surface area contributed by atoms with E-state index in [1.165, 1.54) is 10.8 Å².